The molecule has 0 amide bonds. The third kappa shape index (κ3) is 2.63. The Morgan fingerprint density at radius 3 is 2.95 bits per heavy atom. The minimum absolute atomic E-state index is 0.0456. The number of nitrogens with zero attached hydrogens (tertiary/aromatic N) is 1. The molecule has 0 aromatic heterocycles. The lowest BCUT2D eigenvalue weighted by Gasteiger charge is -2.41. The molecule has 1 spiro atoms. The van der Waals surface area contributed by atoms with Crippen molar-refractivity contribution in [2.75, 3.05) is 32.9 Å². The fraction of sp³-hybridized carbons (Fsp3) is 1.00. The van der Waals surface area contributed by atoms with Crippen LogP contribution in [0.2, 0.25) is 0 Å². The van der Waals surface area contributed by atoms with Gasteiger partial charge < -0.3 is 19.7 Å². The molecule has 114 valence electrons. The quantitative estimate of drug-likeness (QED) is 0.832. The summed E-state index contributed by atoms with van der Waals surface area (Å²) in [4.78, 5) is 2.70. The summed E-state index contributed by atoms with van der Waals surface area (Å²) in [6.07, 6.45) is 8.94. The Morgan fingerprint density at radius 1 is 1.05 bits per heavy atom. The average Bonchev–Trinajstić information content (AvgIpc) is 3.08. The number of nitrogens with one attached hydrogen (secondary N) is 1. The fourth-order valence-corrected chi connectivity index (χ4v) is 4.74. The molecular formula is C16H28N2O2. The Labute approximate surface area is 122 Å². The van der Waals surface area contributed by atoms with Crippen molar-refractivity contribution in [1.82, 2.24) is 10.2 Å². The molecule has 0 saturated carbocycles. The second-order valence-corrected chi connectivity index (χ2v) is 7.24. The highest BCUT2D eigenvalue weighted by atomic mass is 16.6. The monoisotopic (exact) mass is 280 g/mol. The number of piperidine rings is 1. The highest BCUT2D eigenvalue weighted by molar-refractivity contribution is 4.96. The van der Waals surface area contributed by atoms with Gasteiger partial charge >= 0.3 is 0 Å². The van der Waals surface area contributed by atoms with Crippen LogP contribution in [0.4, 0.5) is 0 Å². The van der Waals surface area contributed by atoms with Gasteiger partial charge in [0, 0.05) is 37.8 Å². The summed E-state index contributed by atoms with van der Waals surface area (Å²) in [5, 5.41) is 3.96. The van der Waals surface area contributed by atoms with Crippen LogP contribution in [0.25, 0.3) is 0 Å². The van der Waals surface area contributed by atoms with Crippen LogP contribution < -0.4 is 5.32 Å². The van der Waals surface area contributed by atoms with Gasteiger partial charge in [0.1, 0.15) is 0 Å². The number of fused-ring (bicyclic) bond motifs is 1. The van der Waals surface area contributed by atoms with Gasteiger partial charge in [-0.3, -0.25) is 0 Å². The first-order chi connectivity index (χ1) is 9.83. The van der Waals surface area contributed by atoms with Crippen LogP contribution in [-0.4, -0.2) is 61.5 Å². The van der Waals surface area contributed by atoms with Gasteiger partial charge in [-0.15, -0.1) is 0 Å². The van der Waals surface area contributed by atoms with Gasteiger partial charge in [-0.05, 0) is 51.6 Å². The smallest absolute Gasteiger partial charge is 0.0951 e. The van der Waals surface area contributed by atoms with E-state index in [-0.39, 0.29) is 5.60 Å². The molecule has 4 fully saturated rings. The summed E-state index contributed by atoms with van der Waals surface area (Å²) in [5.41, 5.74) is 0.0456. The van der Waals surface area contributed by atoms with Crippen molar-refractivity contribution in [1.29, 1.82) is 0 Å². The summed E-state index contributed by atoms with van der Waals surface area (Å²) < 4.78 is 11.6. The third-order valence-corrected chi connectivity index (χ3v) is 5.85. The molecule has 4 aliphatic rings. The van der Waals surface area contributed by atoms with Crippen LogP contribution >= 0.6 is 0 Å². The Kier molecular flexibility index (Phi) is 3.75. The van der Waals surface area contributed by atoms with Gasteiger partial charge in [0.15, 0.2) is 0 Å². The molecule has 4 rings (SSSR count). The number of hydrogen-bond acceptors (Lipinski definition) is 4. The summed E-state index contributed by atoms with van der Waals surface area (Å²) in [7, 11) is 0. The topological polar surface area (TPSA) is 33.7 Å². The Bertz CT molecular complexity index is 343. The standard InChI is InChI=1S/C16H28N2O2/c1-2-15-10-13(3-7-18(15)6-1)17-14-4-8-20-16(11-14)5-9-19-12-16/h13-15,17H,1-12H2. The van der Waals surface area contributed by atoms with E-state index in [0.717, 1.165) is 44.7 Å². The molecule has 0 aliphatic carbocycles. The maximum Gasteiger partial charge on any atom is 0.0951 e. The summed E-state index contributed by atoms with van der Waals surface area (Å²) in [5.74, 6) is 0. The average molecular weight is 280 g/mol. The van der Waals surface area contributed by atoms with Crippen molar-refractivity contribution in [3.05, 3.63) is 0 Å². The molecule has 4 unspecified atom stereocenters. The third-order valence-electron chi connectivity index (χ3n) is 5.85. The Hall–Kier alpha value is -0.160. The van der Waals surface area contributed by atoms with Crippen molar-refractivity contribution in [2.24, 2.45) is 0 Å². The SMILES string of the molecule is C1CC2CC(NC3CCOC4(CCOC4)C3)CCN2C1. The van der Waals surface area contributed by atoms with Crippen molar-refractivity contribution in [3.63, 3.8) is 0 Å². The van der Waals surface area contributed by atoms with Gasteiger partial charge in [-0.25, -0.2) is 0 Å². The zero-order valence-electron chi connectivity index (χ0n) is 12.5. The number of hydrogen-bond donors (Lipinski definition) is 1. The van der Waals surface area contributed by atoms with E-state index >= 15 is 0 Å². The first kappa shape index (κ1) is 13.5. The largest absolute Gasteiger partial charge is 0.378 e. The van der Waals surface area contributed by atoms with E-state index < -0.39 is 0 Å². The van der Waals surface area contributed by atoms with E-state index in [9.17, 15) is 0 Å². The van der Waals surface area contributed by atoms with Gasteiger partial charge in [0.25, 0.3) is 0 Å². The van der Waals surface area contributed by atoms with Crippen LogP contribution in [0.5, 0.6) is 0 Å². The molecule has 1 N–H and O–H groups in total. The highest BCUT2D eigenvalue weighted by Gasteiger charge is 2.42. The minimum Gasteiger partial charge on any atom is -0.378 e. The molecule has 0 aromatic rings. The van der Waals surface area contributed by atoms with Crippen LogP contribution in [0.15, 0.2) is 0 Å². The van der Waals surface area contributed by atoms with Crippen molar-refractivity contribution in [3.8, 4) is 0 Å². The van der Waals surface area contributed by atoms with Crippen molar-refractivity contribution < 1.29 is 9.47 Å². The van der Waals surface area contributed by atoms with E-state index in [0.29, 0.717) is 6.04 Å². The van der Waals surface area contributed by atoms with Crippen LogP contribution in [0, 0.1) is 0 Å². The molecule has 4 aliphatic heterocycles. The molecular weight excluding hydrogens is 252 g/mol. The Balaban J connectivity index is 1.32. The summed E-state index contributed by atoms with van der Waals surface area (Å²) >= 11 is 0. The lowest BCUT2D eigenvalue weighted by Crippen LogP contribution is -2.53. The predicted octanol–water partition coefficient (Wildman–Crippen LogP) is 1.54. The van der Waals surface area contributed by atoms with Gasteiger partial charge in [-0.2, -0.15) is 0 Å². The van der Waals surface area contributed by atoms with E-state index in [4.69, 9.17) is 9.47 Å². The van der Waals surface area contributed by atoms with Crippen molar-refractivity contribution in [2.45, 2.75) is 68.7 Å². The normalized spacial score (nSPS) is 45.9. The highest BCUT2D eigenvalue weighted by Crippen LogP contribution is 2.34. The van der Waals surface area contributed by atoms with E-state index in [1.54, 1.807) is 0 Å². The second-order valence-electron chi connectivity index (χ2n) is 7.24. The fourth-order valence-electron chi connectivity index (χ4n) is 4.74. The van der Waals surface area contributed by atoms with Crippen LogP contribution in [-0.2, 0) is 9.47 Å². The molecule has 0 radical (unpaired) electrons. The molecule has 4 saturated heterocycles. The van der Waals surface area contributed by atoms with Crippen LogP contribution in [0.1, 0.15) is 44.9 Å². The van der Waals surface area contributed by atoms with Gasteiger partial charge in [-0.1, -0.05) is 0 Å². The molecule has 4 heterocycles. The molecule has 4 atom stereocenters. The Morgan fingerprint density at radius 2 is 2.05 bits per heavy atom. The minimum atomic E-state index is 0.0456. The molecule has 4 nitrogen and oxygen atoms in total. The van der Waals surface area contributed by atoms with Crippen molar-refractivity contribution >= 4 is 0 Å². The van der Waals surface area contributed by atoms with E-state index in [2.05, 4.69) is 10.2 Å². The molecule has 20 heavy (non-hydrogen) atoms. The summed E-state index contributed by atoms with van der Waals surface area (Å²) in [6.45, 7) is 5.25. The van der Waals surface area contributed by atoms with Crippen LogP contribution in [0.3, 0.4) is 0 Å². The maximum absolute atomic E-state index is 6.04. The van der Waals surface area contributed by atoms with Gasteiger partial charge in [0.2, 0.25) is 0 Å². The second kappa shape index (κ2) is 5.56. The van der Waals surface area contributed by atoms with E-state index in [1.165, 1.54) is 45.2 Å². The first-order valence-corrected chi connectivity index (χ1v) is 8.55. The lowest BCUT2D eigenvalue weighted by atomic mass is 9.88. The zero-order valence-corrected chi connectivity index (χ0v) is 12.5. The molecule has 0 aromatic carbocycles. The molecule has 0 bridgehead atoms. The first-order valence-electron chi connectivity index (χ1n) is 8.55. The predicted molar refractivity (Wildman–Crippen MR) is 77.9 cm³/mol. The van der Waals surface area contributed by atoms with E-state index in [1.807, 2.05) is 0 Å². The maximum atomic E-state index is 6.04. The number of ether oxygens (including phenoxy) is 2. The molecule has 4 heteroatoms. The van der Waals surface area contributed by atoms with Gasteiger partial charge in [0.05, 0.1) is 12.2 Å². The summed E-state index contributed by atoms with van der Waals surface area (Å²) in [6, 6.07) is 2.24. The zero-order chi connectivity index (χ0) is 13.4. The number of rotatable bonds is 2. The lowest BCUT2D eigenvalue weighted by molar-refractivity contribution is -0.0910.